The van der Waals surface area contributed by atoms with E-state index in [1.165, 1.54) is 0 Å². The van der Waals surface area contributed by atoms with E-state index in [0.717, 1.165) is 9.09 Å². The average molecular weight is 287 g/mol. The van der Waals surface area contributed by atoms with Crippen molar-refractivity contribution < 1.29 is 4.79 Å². The lowest BCUT2D eigenvalue weighted by molar-refractivity contribution is 0.0997. The van der Waals surface area contributed by atoms with Gasteiger partial charge in [-0.15, -0.1) is 0 Å². The fraction of sp³-hybridized carbons (Fsp3) is 0. The molecule has 2 N–H and O–H groups in total. The van der Waals surface area contributed by atoms with Crippen molar-refractivity contribution in [3.8, 4) is 0 Å². The van der Waals surface area contributed by atoms with Crippen molar-refractivity contribution in [2.24, 2.45) is 5.73 Å². The number of imidazole rings is 1. The molecule has 66 valence electrons. The quantitative estimate of drug-likeness (QED) is 0.797. The molecule has 0 aliphatic heterocycles. The first-order valence-electron chi connectivity index (χ1n) is 3.60. The standard InChI is InChI=1S/C8H6IN3O/c9-5-1-2-6-7(8(10)13)11-4-12(6)3-5/h1-4H,(H2,10,13). The Balaban J connectivity index is 2.76. The minimum Gasteiger partial charge on any atom is -0.364 e. The van der Waals surface area contributed by atoms with Crippen molar-refractivity contribution in [1.82, 2.24) is 9.38 Å². The lowest BCUT2D eigenvalue weighted by atomic mass is 10.3. The topological polar surface area (TPSA) is 60.4 Å². The van der Waals surface area contributed by atoms with Gasteiger partial charge in [0.2, 0.25) is 0 Å². The summed E-state index contributed by atoms with van der Waals surface area (Å²) in [4.78, 5) is 14.8. The van der Waals surface area contributed by atoms with E-state index in [-0.39, 0.29) is 0 Å². The minimum atomic E-state index is -0.497. The van der Waals surface area contributed by atoms with E-state index in [0.29, 0.717) is 5.69 Å². The van der Waals surface area contributed by atoms with Gasteiger partial charge in [-0.05, 0) is 34.7 Å². The molecule has 2 aromatic rings. The Morgan fingerprint density at radius 2 is 2.31 bits per heavy atom. The van der Waals surface area contributed by atoms with Crippen LogP contribution in [0.5, 0.6) is 0 Å². The van der Waals surface area contributed by atoms with Crippen molar-refractivity contribution in [3.05, 3.63) is 33.9 Å². The van der Waals surface area contributed by atoms with Crippen molar-refractivity contribution in [3.63, 3.8) is 0 Å². The van der Waals surface area contributed by atoms with Crippen LogP contribution in [0.1, 0.15) is 10.5 Å². The molecule has 0 aliphatic rings. The van der Waals surface area contributed by atoms with E-state index in [1.54, 1.807) is 10.7 Å². The molecule has 0 saturated carbocycles. The van der Waals surface area contributed by atoms with Gasteiger partial charge in [0, 0.05) is 9.77 Å². The van der Waals surface area contributed by atoms with Crippen LogP contribution >= 0.6 is 22.6 Å². The number of aromatic nitrogens is 2. The maximum atomic E-state index is 10.9. The van der Waals surface area contributed by atoms with Gasteiger partial charge >= 0.3 is 0 Å². The molecule has 0 aromatic carbocycles. The summed E-state index contributed by atoms with van der Waals surface area (Å²) in [6.45, 7) is 0. The first-order chi connectivity index (χ1) is 6.18. The number of pyridine rings is 1. The Morgan fingerprint density at radius 3 is 3.00 bits per heavy atom. The first-order valence-corrected chi connectivity index (χ1v) is 4.68. The number of rotatable bonds is 1. The highest BCUT2D eigenvalue weighted by Gasteiger charge is 2.08. The Bertz CT molecular complexity index is 477. The van der Waals surface area contributed by atoms with Gasteiger partial charge in [-0.3, -0.25) is 4.79 Å². The zero-order valence-corrected chi connectivity index (χ0v) is 8.72. The van der Waals surface area contributed by atoms with Gasteiger partial charge in [0.05, 0.1) is 5.52 Å². The summed E-state index contributed by atoms with van der Waals surface area (Å²) in [6, 6.07) is 3.74. The fourth-order valence-corrected chi connectivity index (χ4v) is 1.64. The van der Waals surface area contributed by atoms with Crippen LogP contribution < -0.4 is 5.73 Å². The summed E-state index contributed by atoms with van der Waals surface area (Å²) < 4.78 is 2.86. The number of fused-ring (bicyclic) bond motifs is 1. The van der Waals surface area contributed by atoms with Crippen LogP contribution in [0.25, 0.3) is 5.52 Å². The van der Waals surface area contributed by atoms with E-state index in [4.69, 9.17) is 5.73 Å². The molecule has 0 bridgehead atoms. The normalized spacial score (nSPS) is 10.5. The molecule has 5 heteroatoms. The van der Waals surface area contributed by atoms with Gasteiger partial charge in [0.15, 0.2) is 5.69 Å². The fourth-order valence-electron chi connectivity index (χ4n) is 1.16. The molecule has 0 radical (unpaired) electrons. The summed E-state index contributed by atoms with van der Waals surface area (Å²) in [5, 5.41) is 0. The van der Waals surface area contributed by atoms with Gasteiger partial charge in [-0.25, -0.2) is 4.98 Å². The SMILES string of the molecule is NC(=O)c1ncn2cc(I)ccc12. The zero-order valence-electron chi connectivity index (χ0n) is 6.57. The maximum absolute atomic E-state index is 10.9. The number of carbonyl (C=O) groups excluding carboxylic acids is 1. The summed E-state index contributed by atoms with van der Waals surface area (Å²) in [7, 11) is 0. The van der Waals surface area contributed by atoms with Gasteiger partial charge in [0.1, 0.15) is 6.33 Å². The molecule has 2 aromatic heterocycles. The number of nitrogens with two attached hydrogens (primary N) is 1. The van der Waals surface area contributed by atoms with Crippen LogP contribution in [0.3, 0.4) is 0 Å². The highest BCUT2D eigenvalue weighted by molar-refractivity contribution is 14.1. The lowest BCUT2D eigenvalue weighted by Gasteiger charge is -1.94. The van der Waals surface area contributed by atoms with Crippen molar-refractivity contribution in [2.45, 2.75) is 0 Å². The molecule has 0 fully saturated rings. The maximum Gasteiger partial charge on any atom is 0.269 e. The highest BCUT2D eigenvalue weighted by Crippen LogP contribution is 2.11. The van der Waals surface area contributed by atoms with Crippen LogP contribution in [-0.4, -0.2) is 15.3 Å². The van der Waals surface area contributed by atoms with Gasteiger partial charge in [0.25, 0.3) is 5.91 Å². The van der Waals surface area contributed by atoms with Crippen molar-refractivity contribution in [2.75, 3.05) is 0 Å². The molecule has 0 spiro atoms. The summed E-state index contributed by atoms with van der Waals surface area (Å²) in [5.41, 5.74) is 6.21. The smallest absolute Gasteiger partial charge is 0.269 e. The second-order valence-corrected chi connectivity index (χ2v) is 3.84. The minimum absolute atomic E-state index is 0.316. The number of amides is 1. The molecular weight excluding hydrogens is 281 g/mol. The number of nitrogens with zero attached hydrogens (tertiary/aromatic N) is 2. The number of primary amides is 1. The molecule has 2 heterocycles. The van der Waals surface area contributed by atoms with Crippen molar-refractivity contribution >= 4 is 34.0 Å². The molecule has 0 aliphatic carbocycles. The monoisotopic (exact) mass is 287 g/mol. The number of hydrogen-bond acceptors (Lipinski definition) is 2. The van der Waals surface area contributed by atoms with Gasteiger partial charge < -0.3 is 10.1 Å². The third-order valence-corrected chi connectivity index (χ3v) is 2.37. The molecule has 0 atom stereocenters. The predicted octanol–water partition coefficient (Wildman–Crippen LogP) is 1.04. The van der Waals surface area contributed by atoms with E-state index in [2.05, 4.69) is 27.6 Å². The lowest BCUT2D eigenvalue weighted by Crippen LogP contribution is -2.11. The summed E-state index contributed by atoms with van der Waals surface area (Å²) in [5.74, 6) is -0.497. The second-order valence-electron chi connectivity index (χ2n) is 2.60. The number of carbonyl (C=O) groups is 1. The molecule has 0 unspecified atom stereocenters. The molecule has 13 heavy (non-hydrogen) atoms. The van der Waals surface area contributed by atoms with Crippen LogP contribution in [0.4, 0.5) is 0 Å². The van der Waals surface area contributed by atoms with Crippen molar-refractivity contribution in [1.29, 1.82) is 0 Å². The third-order valence-electron chi connectivity index (χ3n) is 1.73. The van der Waals surface area contributed by atoms with E-state index >= 15 is 0 Å². The molecular formula is C8H6IN3O. The molecule has 4 nitrogen and oxygen atoms in total. The highest BCUT2D eigenvalue weighted by atomic mass is 127. The first kappa shape index (κ1) is 8.49. The average Bonchev–Trinajstić information content (AvgIpc) is 2.46. The van der Waals surface area contributed by atoms with Crippen LogP contribution in [-0.2, 0) is 0 Å². The Morgan fingerprint density at radius 1 is 1.54 bits per heavy atom. The molecule has 0 saturated heterocycles. The van der Waals surface area contributed by atoms with E-state index in [1.807, 2.05) is 18.3 Å². The summed E-state index contributed by atoms with van der Waals surface area (Å²) in [6.07, 6.45) is 3.47. The predicted molar refractivity (Wildman–Crippen MR) is 56.4 cm³/mol. The largest absolute Gasteiger partial charge is 0.364 e. The van der Waals surface area contributed by atoms with Crippen LogP contribution in [0.15, 0.2) is 24.7 Å². The zero-order chi connectivity index (χ0) is 9.42. The summed E-state index contributed by atoms with van der Waals surface area (Å²) >= 11 is 2.19. The third kappa shape index (κ3) is 1.39. The Hall–Kier alpha value is -1.11. The molecule has 2 rings (SSSR count). The van der Waals surface area contributed by atoms with E-state index < -0.39 is 5.91 Å². The van der Waals surface area contributed by atoms with Crippen LogP contribution in [0, 0.1) is 3.57 Å². The number of halogens is 1. The Kier molecular flexibility index (Phi) is 1.95. The van der Waals surface area contributed by atoms with E-state index in [9.17, 15) is 4.79 Å². The van der Waals surface area contributed by atoms with Gasteiger partial charge in [-0.1, -0.05) is 0 Å². The molecule has 1 amide bonds. The Labute approximate surface area is 87.9 Å². The van der Waals surface area contributed by atoms with Gasteiger partial charge in [-0.2, -0.15) is 0 Å². The van der Waals surface area contributed by atoms with Crippen LogP contribution in [0.2, 0.25) is 0 Å². The number of hydrogen-bond donors (Lipinski definition) is 1. The second kappa shape index (κ2) is 2.99.